The molecule has 1 aromatic carbocycles. The van der Waals surface area contributed by atoms with E-state index in [1.807, 2.05) is 31.2 Å². The smallest absolute Gasteiger partial charge is 0.244 e. The molecule has 1 saturated heterocycles. The molecule has 1 heterocycles. The van der Waals surface area contributed by atoms with E-state index in [1.165, 1.54) is 10.4 Å². The van der Waals surface area contributed by atoms with E-state index in [-0.39, 0.29) is 17.7 Å². The van der Waals surface area contributed by atoms with Crippen molar-refractivity contribution in [3.8, 4) is 5.75 Å². The third-order valence-electron chi connectivity index (χ3n) is 4.18. The highest BCUT2D eigenvalue weighted by Gasteiger charge is 2.27. The average molecular weight is 366 g/mol. The van der Waals surface area contributed by atoms with Crippen LogP contribution in [-0.4, -0.2) is 50.6 Å². The fourth-order valence-corrected chi connectivity index (χ4v) is 4.37. The van der Waals surface area contributed by atoms with Crippen LogP contribution in [0, 0.1) is 0 Å². The van der Waals surface area contributed by atoms with Crippen molar-refractivity contribution >= 4 is 22.0 Å². The molecule has 0 spiro atoms. The van der Waals surface area contributed by atoms with Crippen molar-refractivity contribution in [2.24, 2.45) is 0 Å². The van der Waals surface area contributed by atoms with E-state index in [0.29, 0.717) is 32.4 Å². The highest BCUT2D eigenvalue weighted by Crippen LogP contribution is 2.16. The van der Waals surface area contributed by atoms with E-state index in [4.69, 9.17) is 4.74 Å². The third kappa shape index (κ3) is 5.86. The number of nitrogens with zero attached hydrogens (tertiary/aromatic N) is 1. The topological polar surface area (TPSA) is 75.7 Å². The van der Waals surface area contributed by atoms with Gasteiger partial charge in [-0.15, -0.1) is 0 Å². The molecule has 0 radical (unpaired) electrons. The zero-order valence-corrected chi connectivity index (χ0v) is 15.6. The number of carbonyl (C=O) groups is 1. The van der Waals surface area contributed by atoms with E-state index in [2.05, 4.69) is 5.32 Å². The second-order valence-corrected chi connectivity index (χ2v) is 8.20. The van der Waals surface area contributed by atoms with Crippen molar-refractivity contribution in [3.63, 3.8) is 0 Å². The first-order chi connectivity index (χ1) is 11.9. The molecule has 1 amide bonds. The lowest BCUT2D eigenvalue weighted by atomic mass is 10.1. The number of hydrogen-bond donors (Lipinski definition) is 1. The summed E-state index contributed by atoms with van der Waals surface area (Å²) < 4.78 is 30.8. The Bertz CT molecular complexity index is 708. The van der Waals surface area contributed by atoms with Crippen molar-refractivity contribution in [1.29, 1.82) is 0 Å². The summed E-state index contributed by atoms with van der Waals surface area (Å²) in [7, 11) is -1.54. The standard InChI is InChI=1S/C18H26N2O4S/c1-3-13-25(22,23)20-11-9-16(10-12-20)19-18(21)8-7-15-5-4-6-17(14-15)24-2/h4-8,14,16H,3,9-13H2,1-2H3,(H,19,21). The second kappa shape index (κ2) is 9.01. The Balaban J connectivity index is 1.83. The largest absolute Gasteiger partial charge is 0.497 e. The second-order valence-electron chi connectivity index (χ2n) is 6.11. The Morgan fingerprint density at radius 1 is 1.36 bits per heavy atom. The minimum Gasteiger partial charge on any atom is -0.497 e. The van der Waals surface area contributed by atoms with Crippen molar-refractivity contribution in [2.75, 3.05) is 26.0 Å². The summed E-state index contributed by atoms with van der Waals surface area (Å²) in [4.78, 5) is 12.1. The van der Waals surface area contributed by atoms with Gasteiger partial charge >= 0.3 is 0 Å². The molecule has 0 bridgehead atoms. The van der Waals surface area contributed by atoms with Crippen LogP contribution in [0.25, 0.3) is 6.08 Å². The zero-order chi connectivity index (χ0) is 18.3. The molecule has 1 aliphatic rings. The van der Waals surface area contributed by atoms with Crippen LogP contribution in [0.4, 0.5) is 0 Å². The predicted octanol–water partition coefficient (Wildman–Crippen LogP) is 2.03. The van der Waals surface area contributed by atoms with Gasteiger partial charge in [0.1, 0.15) is 5.75 Å². The first-order valence-electron chi connectivity index (χ1n) is 8.55. The van der Waals surface area contributed by atoms with Crippen molar-refractivity contribution in [3.05, 3.63) is 35.9 Å². The van der Waals surface area contributed by atoms with Crippen LogP contribution >= 0.6 is 0 Å². The molecule has 1 N–H and O–H groups in total. The van der Waals surface area contributed by atoms with Crippen LogP contribution in [0.2, 0.25) is 0 Å². The van der Waals surface area contributed by atoms with Crippen LogP contribution in [-0.2, 0) is 14.8 Å². The molecule has 0 atom stereocenters. The molecule has 0 aliphatic carbocycles. The van der Waals surface area contributed by atoms with Crippen molar-refractivity contribution in [2.45, 2.75) is 32.2 Å². The number of ether oxygens (including phenoxy) is 1. The van der Waals surface area contributed by atoms with Crippen LogP contribution in [0.5, 0.6) is 5.75 Å². The molecule has 1 fully saturated rings. The Hall–Kier alpha value is -1.86. The monoisotopic (exact) mass is 366 g/mol. The Morgan fingerprint density at radius 2 is 2.08 bits per heavy atom. The average Bonchev–Trinajstić information content (AvgIpc) is 2.60. The lowest BCUT2D eigenvalue weighted by Gasteiger charge is -2.31. The Kier molecular flexibility index (Phi) is 7.01. The maximum Gasteiger partial charge on any atom is 0.244 e. The van der Waals surface area contributed by atoms with E-state index in [0.717, 1.165) is 11.3 Å². The van der Waals surface area contributed by atoms with Crippen LogP contribution in [0.3, 0.4) is 0 Å². The number of piperidine rings is 1. The van der Waals surface area contributed by atoms with Gasteiger partial charge in [-0.3, -0.25) is 4.79 Å². The normalized spacial score (nSPS) is 16.9. The highest BCUT2D eigenvalue weighted by molar-refractivity contribution is 7.89. The number of benzene rings is 1. The fourth-order valence-electron chi connectivity index (χ4n) is 2.83. The van der Waals surface area contributed by atoms with Crippen molar-refractivity contribution < 1.29 is 17.9 Å². The summed E-state index contributed by atoms with van der Waals surface area (Å²) in [6.07, 6.45) is 5.13. The minimum atomic E-state index is -3.14. The van der Waals surface area contributed by atoms with Crippen LogP contribution < -0.4 is 10.1 Å². The zero-order valence-electron chi connectivity index (χ0n) is 14.8. The number of amides is 1. The summed E-state index contributed by atoms with van der Waals surface area (Å²) in [5.74, 6) is 0.758. The van der Waals surface area contributed by atoms with E-state index in [1.54, 1.807) is 13.2 Å². The number of carbonyl (C=O) groups excluding carboxylic acids is 1. The van der Waals surface area contributed by atoms with E-state index in [9.17, 15) is 13.2 Å². The maximum absolute atomic E-state index is 12.1. The van der Waals surface area contributed by atoms with E-state index < -0.39 is 10.0 Å². The third-order valence-corrected chi connectivity index (χ3v) is 6.25. The first kappa shape index (κ1) is 19.5. The molecule has 2 rings (SSSR count). The Morgan fingerprint density at radius 3 is 2.72 bits per heavy atom. The SMILES string of the molecule is CCCS(=O)(=O)N1CCC(NC(=O)C=Cc2cccc(OC)c2)CC1. The molecule has 1 aromatic rings. The molecule has 7 heteroatoms. The van der Waals surface area contributed by atoms with Gasteiger partial charge in [0.05, 0.1) is 12.9 Å². The summed E-state index contributed by atoms with van der Waals surface area (Å²) in [6.45, 7) is 2.79. The number of rotatable bonds is 7. The molecular formula is C18H26N2O4S. The Labute approximate surface area is 149 Å². The summed E-state index contributed by atoms with van der Waals surface area (Å²) in [6, 6.07) is 7.46. The fraction of sp³-hybridized carbons (Fsp3) is 0.500. The molecule has 1 aliphatic heterocycles. The molecule has 6 nitrogen and oxygen atoms in total. The number of methoxy groups -OCH3 is 1. The molecular weight excluding hydrogens is 340 g/mol. The lowest BCUT2D eigenvalue weighted by molar-refractivity contribution is -0.117. The van der Waals surface area contributed by atoms with Gasteiger partial charge in [-0.2, -0.15) is 0 Å². The predicted molar refractivity (Wildman–Crippen MR) is 98.8 cm³/mol. The van der Waals surface area contributed by atoms with Gasteiger partial charge < -0.3 is 10.1 Å². The quantitative estimate of drug-likeness (QED) is 0.749. The minimum absolute atomic E-state index is 0.00976. The molecule has 138 valence electrons. The van der Waals surface area contributed by atoms with Gasteiger partial charge in [0.25, 0.3) is 0 Å². The summed E-state index contributed by atoms with van der Waals surface area (Å²) in [5, 5.41) is 2.94. The molecule has 0 saturated carbocycles. The van der Waals surface area contributed by atoms with Crippen molar-refractivity contribution in [1.82, 2.24) is 9.62 Å². The van der Waals surface area contributed by atoms with Gasteiger partial charge in [-0.05, 0) is 43.0 Å². The number of hydrogen-bond acceptors (Lipinski definition) is 4. The number of nitrogens with one attached hydrogen (secondary N) is 1. The molecule has 25 heavy (non-hydrogen) atoms. The first-order valence-corrected chi connectivity index (χ1v) is 10.2. The molecule has 0 aromatic heterocycles. The lowest BCUT2D eigenvalue weighted by Crippen LogP contribution is -2.46. The van der Waals surface area contributed by atoms with E-state index >= 15 is 0 Å². The summed E-state index contributed by atoms with van der Waals surface area (Å²) in [5.41, 5.74) is 0.884. The molecule has 0 unspecified atom stereocenters. The van der Waals surface area contributed by atoms with Gasteiger partial charge in [0.2, 0.25) is 15.9 Å². The highest BCUT2D eigenvalue weighted by atomic mass is 32.2. The van der Waals surface area contributed by atoms with Crippen LogP contribution in [0.15, 0.2) is 30.3 Å². The van der Waals surface area contributed by atoms with Gasteiger partial charge in [-0.1, -0.05) is 19.1 Å². The summed E-state index contributed by atoms with van der Waals surface area (Å²) >= 11 is 0. The van der Waals surface area contributed by atoms with Gasteiger partial charge in [-0.25, -0.2) is 12.7 Å². The number of sulfonamides is 1. The maximum atomic E-state index is 12.1. The van der Waals surface area contributed by atoms with Gasteiger partial charge in [0, 0.05) is 25.2 Å². The van der Waals surface area contributed by atoms with Crippen LogP contribution in [0.1, 0.15) is 31.7 Å². The van der Waals surface area contributed by atoms with Gasteiger partial charge in [0.15, 0.2) is 0 Å².